The lowest BCUT2D eigenvalue weighted by Gasteiger charge is -2.28. The highest BCUT2D eigenvalue weighted by Crippen LogP contribution is 2.33. The van der Waals surface area contributed by atoms with E-state index in [1.54, 1.807) is 0 Å². The highest BCUT2D eigenvalue weighted by Gasteiger charge is 2.21. The van der Waals surface area contributed by atoms with Gasteiger partial charge in [-0.1, -0.05) is 12.1 Å². The highest BCUT2D eigenvalue weighted by molar-refractivity contribution is 7.89. The molecule has 1 aliphatic rings. The molecular formula is C31H46N6O4S2. The Labute approximate surface area is 256 Å². The van der Waals surface area contributed by atoms with Gasteiger partial charge in [-0.3, -0.25) is 0 Å². The minimum absolute atomic E-state index is 0.0162. The topological polar surface area (TPSA) is 120 Å². The van der Waals surface area contributed by atoms with Crippen LogP contribution in [0.1, 0.15) is 35.4 Å². The Balaban J connectivity index is 0.000000199. The molecule has 3 heterocycles. The van der Waals surface area contributed by atoms with Gasteiger partial charge in [-0.15, -0.1) is 0 Å². The molecule has 2 aromatic carbocycles. The number of hydrogen-bond donors (Lipinski definition) is 3. The highest BCUT2D eigenvalue weighted by atomic mass is 32.2. The molecule has 0 radical (unpaired) electrons. The average molecular weight is 631 g/mol. The summed E-state index contributed by atoms with van der Waals surface area (Å²) in [6.45, 7) is 4.17. The van der Waals surface area contributed by atoms with Crippen LogP contribution in [0.3, 0.4) is 0 Å². The number of aromatic nitrogens is 2. The van der Waals surface area contributed by atoms with E-state index in [2.05, 4.69) is 54.2 Å². The van der Waals surface area contributed by atoms with E-state index in [0.29, 0.717) is 12.3 Å². The number of likely N-dealkylation sites (tertiary alicyclic amines) is 1. The Kier molecular flexibility index (Phi) is 11.1. The standard InChI is InChI=1S/C17H25N3O2S.C14H21N3O2S/c1-18-23(21,22)10-7-13-3-4-17-15(11-13)16(12-19-17)14-5-8-20(2)9-6-14;1-15-20(18,19)11-12-4-5-14-13(10-12)6-7-17(14)9-8-16(2)3/h3-4,11-12,14,18-19H,5-10H2,1-2H3;4-7,10,15H,8-9,11H2,1-3H3. The van der Waals surface area contributed by atoms with E-state index < -0.39 is 20.0 Å². The molecule has 0 aliphatic carbocycles. The SMILES string of the molecule is CNS(=O)(=O)CCc1ccc2[nH]cc(C3CCN(C)CC3)c2c1.CNS(=O)(=O)Cc1ccc2c(ccn2CCN(C)C)c1. The molecule has 4 aromatic rings. The van der Waals surface area contributed by atoms with E-state index in [9.17, 15) is 16.8 Å². The molecule has 3 N–H and O–H groups in total. The Morgan fingerprint density at radius 3 is 2.30 bits per heavy atom. The normalized spacial score (nSPS) is 15.3. The van der Waals surface area contributed by atoms with E-state index in [0.717, 1.165) is 53.7 Å². The number of nitrogens with one attached hydrogen (secondary N) is 3. The largest absolute Gasteiger partial charge is 0.361 e. The molecule has 0 saturated carbocycles. The Bertz CT molecular complexity index is 1720. The summed E-state index contributed by atoms with van der Waals surface area (Å²) < 4.78 is 53.2. The van der Waals surface area contributed by atoms with E-state index in [-0.39, 0.29) is 11.5 Å². The second-order valence-corrected chi connectivity index (χ2v) is 15.6. The van der Waals surface area contributed by atoms with Crippen LogP contribution in [-0.4, -0.2) is 96.8 Å². The van der Waals surface area contributed by atoms with Crippen LogP contribution in [0.4, 0.5) is 0 Å². The molecule has 43 heavy (non-hydrogen) atoms. The van der Waals surface area contributed by atoms with Crippen LogP contribution in [-0.2, 0) is 38.8 Å². The maximum Gasteiger partial charge on any atom is 0.215 e. The minimum atomic E-state index is -3.22. The van der Waals surface area contributed by atoms with Crippen LogP contribution in [0.15, 0.2) is 54.9 Å². The average Bonchev–Trinajstić information content (AvgIpc) is 3.59. The molecule has 0 atom stereocenters. The van der Waals surface area contributed by atoms with Gasteiger partial charge in [0.05, 0.1) is 11.5 Å². The van der Waals surface area contributed by atoms with Crippen molar-refractivity contribution in [2.45, 2.75) is 37.5 Å². The van der Waals surface area contributed by atoms with Crippen molar-refractivity contribution in [2.24, 2.45) is 0 Å². The van der Waals surface area contributed by atoms with Crippen LogP contribution in [0.2, 0.25) is 0 Å². The first-order chi connectivity index (χ1) is 20.4. The summed E-state index contributed by atoms with van der Waals surface area (Å²) in [5, 5.41) is 2.33. The number of nitrogens with zero attached hydrogens (tertiary/aromatic N) is 3. The number of rotatable bonds is 11. The van der Waals surface area contributed by atoms with Gasteiger partial charge >= 0.3 is 0 Å². The zero-order chi connectivity index (χ0) is 31.2. The lowest BCUT2D eigenvalue weighted by atomic mass is 9.89. The van der Waals surface area contributed by atoms with Gasteiger partial charge in [0, 0.05) is 41.9 Å². The van der Waals surface area contributed by atoms with Crippen LogP contribution < -0.4 is 9.44 Å². The van der Waals surface area contributed by atoms with Gasteiger partial charge in [0.1, 0.15) is 0 Å². The second kappa shape index (κ2) is 14.4. The summed E-state index contributed by atoms with van der Waals surface area (Å²) in [5.74, 6) is 0.738. The molecule has 0 amide bonds. The Hall–Kier alpha value is -2.74. The molecule has 1 saturated heterocycles. The van der Waals surface area contributed by atoms with Crippen molar-refractivity contribution >= 4 is 41.9 Å². The number of hydrogen-bond acceptors (Lipinski definition) is 6. The number of H-pyrrole nitrogens is 1. The molecular weight excluding hydrogens is 585 g/mol. The van der Waals surface area contributed by atoms with Crippen molar-refractivity contribution in [3.8, 4) is 0 Å². The Morgan fingerprint density at radius 1 is 0.930 bits per heavy atom. The fourth-order valence-corrected chi connectivity index (χ4v) is 6.96. The van der Waals surface area contributed by atoms with E-state index in [1.165, 1.54) is 37.9 Å². The summed E-state index contributed by atoms with van der Waals surface area (Å²) in [6, 6.07) is 14.1. The summed E-state index contributed by atoms with van der Waals surface area (Å²) in [5.41, 5.74) is 5.53. The van der Waals surface area contributed by atoms with Gasteiger partial charge in [-0.2, -0.15) is 0 Å². The van der Waals surface area contributed by atoms with E-state index in [1.807, 2.05) is 50.6 Å². The van der Waals surface area contributed by atoms with Gasteiger partial charge in [0.25, 0.3) is 0 Å². The number of benzene rings is 2. The molecule has 0 unspecified atom stereocenters. The molecule has 1 fully saturated rings. The zero-order valence-corrected chi connectivity index (χ0v) is 27.6. The third-order valence-electron chi connectivity index (χ3n) is 8.20. The van der Waals surface area contributed by atoms with Crippen molar-refractivity contribution in [2.75, 3.05) is 60.6 Å². The van der Waals surface area contributed by atoms with Crippen LogP contribution in [0.5, 0.6) is 0 Å². The van der Waals surface area contributed by atoms with Gasteiger partial charge in [0.2, 0.25) is 20.0 Å². The fraction of sp³-hybridized carbons (Fsp3) is 0.484. The van der Waals surface area contributed by atoms with Crippen LogP contribution in [0, 0.1) is 0 Å². The predicted octanol–water partition coefficient (Wildman–Crippen LogP) is 3.32. The molecule has 10 nitrogen and oxygen atoms in total. The van der Waals surface area contributed by atoms with Crippen molar-refractivity contribution < 1.29 is 16.8 Å². The second-order valence-electron chi connectivity index (χ2n) is 11.6. The van der Waals surface area contributed by atoms with Crippen molar-refractivity contribution in [3.05, 3.63) is 71.5 Å². The fourth-order valence-electron chi connectivity index (χ4n) is 5.49. The summed E-state index contributed by atoms with van der Waals surface area (Å²) in [4.78, 5) is 7.88. The van der Waals surface area contributed by atoms with Gasteiger partial charge in [0.15, 0.2) is 0 Å². The third-order valence-corrected chi connectivity index (χ3v) is 10.9. The van der Waals surface area contributed by atoms with Crippen molar-refractivity contribution in [1.82, 2.24) is 28.8 Å². The maximum absolute atomic E-state index is 11.6. The smallest absolute Gasteiger partial charge is 0.215 e. The molecule has 5 rings (SSSR count). The first-order valence-corrected chi connectivity index (χ1v) is 18.0. The van der Waals surface area contributed by atoms with Crippen molar-refractivity contribution in [1.29, 1.82) is 0 Å². The quantitative estimate of drug-likeness (QED) is 0.234. The molecule has 0 spiro atoms. The lowest BCUT2D eigenvalue weighted by molar-refractivity contribution is 0.256. The van der Waals surface area contributed by atoms with Crippen LogP contribution in [0.25, 0.3) is 21.8 Å². The van der Waals surface area contributed by atoms with Gasteiger partial charge < -0.3 is 19.4 Å². The number of sulfonamides is 2. The lowest BCUT2D eigenvalue weighted by Crippen LogP contribution is -2.29. The first kappa shape index (κ1) is 33.2. The summed E-state index contributed by atoms with van der Waals surface area (Å²) >= 11 is 0. The number of aryl methyl sites for hydroxylation is 1. The minimum Gasteiger partial charge on any atom is -0.361 e. The van der Waals surface area contributed by atoms with E-state index >= 15 is 0 Å². The molecule has 0 bridgehead atoms. The molecule has 1 aliphatic heterocycles. The monoisotopic (exact) mass is 630 g/mol. The van der Waals surface area contributed by atoms with Gasteiger partial charge in [-0.05, 0) is 126 Å². The number of likely N-dealkylation sites (N-methyl/N-ethyl adjacent to an activating group) is 1. The predicted molar refractivity (Wildman–Crippen MR) is 176 cm³/mol. The number of piperidine rings is 1. The molecule has 12 heteroatoms. The summed E-state index contributed by atoms with van der Waals surface area (Å²) in [6.07, 6.45) is 7.08. The third kappa shape index (κ3) is 9.13. The van der Waals surface area contributed by atoms with Gasteiger partial charge in [-0.25, -0.2) is 26.3 Å². The maximum atomic E-state index is 11.6. The Morgan fingerprint density at radius 2 is 1.63 bits per heavy atom. The molecule has 2 aromatic heterocycles. The van der Waals surface area contributed by atoms with Crippen LogP contribution >= 0.6 is 0 Å². The van der Waals surface area contributed by atoms with E-state index in [4.69, 9.17) is 0 Å². The van der Waals surface area contributed by atoms with Crippen molar-refractivity contribution in [3.63, 3.8) is 0 Å². The summed E-state index contributed by atoms with van der Waals surface area (Å²) in [7, 11) is 2.79. The first-order valence-electron chi connectivity index (χ1n) is 14.7. The molecule has 236 valence electrons. The zero-order valence-electron chi connectivity index (χ0n) is 25.9. The number of fused-ring (bicyclic) bond motifs is 2. The number of aromatic amines is 1.